The molecule has 0 unspecified atom stereocenters. The van der Waals surface area contributed by atoms with Crippen LogP contribution in [0.1, 0.15) is 16.7 Å². The molecule has 0 fully saturated rings. The summed E-state index contributed by atoms with van der Waals surface area (Å²) in [6.45, 7) is 0.966. The Labute approximate surface area is 106 Å². The lowest BCUT2D eigenvalue weighted by molar-refractivity contribution is -0.128. The van der Waals surface area contributed by atoms with E-state index in [0.717, 1.165) is 12.8 Å². The van der Waals surface area contributed by atoms with E-state index in [4.69, 9.17) is 4.74 Å². The average molecular weight is 238 g/mol. The summed E-state index contributed by atoms with van der Waals surface area (Å²) in [5.74, 6) is 0. The number of hydrogen-bond acceptors (Lipinski definition) is 2. The number of fused-ring (bicyclic) bond motifs is 3. The van der Waals surface area contributed by atoms with E-state index < -0.39 is 0 Å². The van der Waals surface area contributed by atoms with Gasteiger partial charge in [0.2, 0.25) is 0 Å². The van der Waals surface area contributed by atoms with Gasteiger partial charge in [0, 0.05) is 6.42 Å². The molecule has 0 aromatic heterocycles. The second-order valence-corrected chi connectivity index (χ2v) is 4.49. The van der Waals surface area contributed by atoms with E-state index in [9.17, 15) is 4.79 Å². The van der Waals surface area contributed by atoms with Gasteiger partial charge in [-0.25, -0.2) is 0 Å². The molecule has 0 N–H and O–H groups in total. The Morgan fingerprint density at radius 3 is 2.78 bits per heavy atom. The van der Waals surface area contributed by atoms with Crippen molar-refractivity contribution in [3.05, 3.63) is 59.2 Å². The Bertz CT molecular complexity index is 587. The molecule has 0 aliphatic heterocycles. The van der Waals surface area contributed by atoms with Crippen molar-refractivity contribution >= 4 is 6.47 Å². The van der Waals surface area contributed by atoms with Gasteiger partial charge in [-0.05, 0) is 34.2 Å². The Kier molecular flexibility index (Phi) is 2.85. The van der Waals surface area contributed by atoms with Crippen molar-refractivity contribution in [1.82, 2.24) is 0 Å². The van der Waals surface area contributed by atoms with E-state index >= 15 is 0 Å². The molecule has 0 radical (unpaired) electrons. The second kappa shape index (κ2) is 4.65. The number of rotatable bonds is 4. The molecule has 3 rings (SSSR count). The van der Waals surface area contributed by atoms with Crippen LogP contribution in [0.25, 0.3) is 11.1 Å². The molecular formula is C16H14O2. The van der Waals surface area contributed by atoms with Gasteiger partial charge in [0.05, 0.1) is 6.61 Å². The minimum Gasteiger partial charge on any atom is -0.468 e. The zero-order chi connectivity index (χ0) is 12.4. The predicted molar refractivity (Wildman–Crippen MR) is 70.4 cm³/mol. The third-order valence-corrected chi connectivity index (χ3v) is 3.51. The zero-order valence-electron chi connectivity index (χ0n) is 10.1. The summed E-state index contributed by atoms with van der Waals surface area (Å²) < 4.78 is 4.79. The van der Waals surface area contributed by atoms with Crippen molar-refractivity contribution in [2.24, 2.45) is 0 Å². The first kappa shape index (κ1) is 11.0. The molecule has 1 aliphatic rings. The molecule has 2 aromatic rings. The molecule has 0 bridgehead atoms. The van der Waals surface area contributed by atoms with Gasteiger partial charge >= 0.3 is 0 Å². The van der Waals surface area contributed by atoms with Crippen LogP contribution in [0.15, 0.2) is 42.5 Å². The van der Waals surface area contributed by atoms with E-state index in [0.29, 0.717) is 13.1 Å². The molecule has 0 spiro atoms. The first-order valence-corrected chi connectivity index (χ1v) is 6.14. The standard InChI is InChI=1S/C16H14O2/c17-11-18-9-8-12-5-3-7-15-14-6-2-1-4-13(14)10-16(12)15/h1-7,11H,8-10H2. The largest absolute Gasteiger partial charge is 0.468 e. The van der Waals surface area contributed by atoms with Gasteiger partial charge in [0.15, 0.2) is 0 Å². The highest BCUT2D eigenvalue weighted by Gasteiger charge is 2.19. The van der Waals surface area contributed by atoms with E-state index in [1.54, 1.807) is 0 Å². The van der Waals surface area contributed by atoms with Gasteiger partial charge in [0.25, 0.3) is 6.47 Å². The average Bonchev–Trinajstić information content (AvgIpc) is 2.79. The highest BCUT2D eigenvalue weighted by atomic mass is 16.5. The monoisotopic (exact) mass is 238 g/mol. The molecule has 2 heteroatoms. The first-order valence-electron chi connectivity index (χ1n) is 6.14. The third kappa shape index (κ3) is 1.80. The molecular weight excluding hydrogens is 224 g/mol. The number of benzene rings is 2. The summed E-state index contributed by atoms with van der Waals surface area (Å²) in [7, 11) is 0. The van der Waals surface area contributed by atoms with Crippen molar-refractivity contribution in [2.75, 3.05) is 6.61 Å². The molecule has 0 amide bonds. The molecule has 2 nitrogen and oxygen atoms in total. The lowest BCUT2D eigenvalue weighted by atomic mass is 9.99. The molecule has 0 atom stereocenters. The van der Waals surface area contributed by atoms with Gasteiger partial charge in [-0.2, -0.15) is 0 Å². The van der Waals surface area contributed by atoms with Crippen molar-refractivity contribution in [3.8, 4) is 11.1 Å². The van der Waals surface area contributed by atoms with Crippen LogP contribution < -0.4 is 0 Å². The van der Waals surface area contributed by atoms with Crippen LogP contribution in [0.2, 0.25) is 0 Å². The number of ether oxygens (including phenoxy) is 1. The molecule has 1 aliphatic carbocycles. The molecule has 0 saturated heterocycles. The topological polar surface area (TPSA) is 26.3 Å². The van der Waals surface area contributed by atoms with Gasteiger partial charge < -0.3 is 4.74 Å². The van der Waals surface area contributed by atoms with E-state index in [1.165, 1.54) is 27.8 Å². The fourth-order valence-electron chi connectivity index (χ4n) is 2.67. The highest BCUT2D eigenvalue weighted by molar-refractivity contribution is 5.77. The Morgan fingerprint density at radius 1 is 1.06 bits per heavy atom. The molecule has 90 valence electrons. The van der Waals surface area contributed by atoms with Crippen LogP contribution in [-0.4, -0.2) is 13.1 Å². The van der Waals surface area contributed by atoms with Crippen molar-refractivity contribution in [3.63, 3.8) is 0 Å². The fourth-order valence-corrected chi connectivity index (χ4v) is 2.67. The van der Waals surface area contributed by atoms with Crippen LogP contribution in [0.4, 0.5) is 0 Å². The quantitative estimate of drug-likeness (QED) is 0.516. The summed E-state index contributed by atoms with van der Waals surface area (Å²) >= 11 is 0. The van der Waals surface area contributed by atoms with E-state index in [1.807, 2.05) is 0 Å². The summed E-state index contributed by atoms with van der Waals surface area (Å²) in [6.07, 6.45) is 1.78. The van der Waals surface area contributed by atoms with Crippen LogP contribution in [0.3, 0.4) is 0 Å². The van der Waals surface area contributed by atoms with Gasteiger partial charge in [-0.1, -0.05) is 42.5 Å². The van der Waals surface area contributed by atoms with E-state index in [-0.39, 0.29) is 0 Å². The minimum absolute atomic E-state index is 0.455. The molecule has 18 heavy (non-hydrogen) atoms. The summed E-state index contributed by atoms with van der Waals surface area (Å²) in [6, 6.07) is 14.9. The Hall–Kier alpha value is -2.09. The van der Waals surface area contributed by atoms with Gasteiger partial charge in [-0.3, -0.25) is 4.79 Å². The van der Waals surface area contributed by atoms with Crippen molar-refractivity contribution in [2.45, 2.75) is 12.8 Å². The van der Waals surface area contributed by atoms with Crippen LogP contribution in [0.5, 0.6) is 0 Å². The lowest BCUT2D eigenvalue weighted by Crippen LogP contribution is -2.00. The number of carbonyl (C=O) groups excluding carboxylic acids is 1. The maximum atomic E-state index is 10.2. The van der Waals surface area contributed by atoms with Crippen LogP contribution >= 0.6 is 0 Å². The summed E-state index contributed by atoms with van der Waals surface area (Å²) in [5.41, 5.74) is 6.72. The minimum atomic E-state index is 0.455. The maximum absolute atomic E-state index is 10.2. The van der Waals surface area contributed by atoms with Gasteiger partial charge in [0.1, 0.15) is 0 Å². The van der Waals surface area contributed by atoms with E-state index in [2.05, 4.69) is 42.5 Å². The SMILES string of the molecule is O=COCCc1cccc2c1Cc1ccccc1-2. The predicted octanol–water partition coefficient (Wildman–Crippen LogP) is 2.97. The fraction of sp³-hybridized carbons (Fsp3) is 0.188. The number of carbonyl (C=O) groups is 1. The van der Waals surface area contributed by atoms with Crippen LogP contribution in [-0.2, 0) is 22.4 Å². The Balaban J connectivity index is 1.95. The molecule has 2 aromatic carbocycles. The highest BCUT2D eigenvalue weighted by Crippen LogP contribution is 2.38. The number of hydrogen-bond donors (Lipinski definition) is 0. The smallest absolute Gasteiger partial charge is 0.293 e. The Morgan fingerprint density at radius 2 is 1.89 bits per heavy atom. The maximum Gasteiger partial charge on any atom is 0.293 e. The second-order valence-electron chi connectivity index (χ2n) is 4.49. The third-order valence-electron chi connectivity index (χ3n) is 3.51. The van der Waals surface area contributed by atoms with Crippen molar-refractivity contribution < 1.29 is 9.53 Å². The normalized spacial score (nSPS) is 11.8. The van der Waals surface area contributed by atoms with Crippen LogP contribution in [0, 0.1) is 0 Å². The summed E-state index contributed by atoms with van der Waals surface area (Å²) in [5, 5.41) is 0. The zero-order valence-corrected chi connectivity index (χ0v) is 10.1. The lowest BCUT2D eigenvalue weighted by Gasteiger charge is -2.07. The van der Waals surface area contributed by atoms with Crippen molar-refractivity contribution in [1.29, 1.82) is 0 Å². The molecule has 0 saturated carbocycles. The summed E-state index contributed by atoms with van der Waals surface area (Å²) in [4.78, 5) is 10.2. The van der Waals surface area contributed by atoms with Gasteiger partial charge in [-0.15, -0.1) is 0 Å². The first-order chi connectivity index (χ1) is 8.90. The molecule has 0 heterocycles.